The second-order valence-electron chi connectivity index (χ2n) is 6.25. The van der Waals surface area contributed by atoms with E-state index in [9.17, 15) is 0 Å². The van der Waals surface area contributed by atoms with Crippen LogP contribution in [0, 0.1) is 0 Å². The molecule has 24 heavy (non-hydrogen) atoms. The van der Waals surface area contributed by atoms with Gasteiger partial charge in [0.15, 0.2) is 0 Å². The summed E-state index contributed by atoms with van der Waals surface area (Å²) in [6.07, 6.45) is 0. The molecule has 0 unspecified atom stereocenters. The van der Waals surface area contributed by atoms with E-state index < -0.39 is 0 Å². The van der Waals surface area contributed by atoms with Gasteiger partial charge in [-0.15, -0.1) is 0 Å². The molecule has 0 aromatic rings. The molecule has 0 heterocycles. The van der Waals surface area contributed by atoms with Crippen LogP contribution in [0.4, 0.5) is 0 Å². The molecule has 0 aliphatic heterocycles. The predicted molar refractivity (Wildman–Crippen MR) is 108 cm³/mol. The van der Waals surface area contributed by atoms with E-state index in [1.807, 2.05) is 0 Å². The smallest absolute Gasteiger partial charge is 0.0878 e. The van der Waals surface area contributed by atoms with E-state index in [0.717, 1.165) is 0 Å². The number of nitrogens with zero attached hydrogens (tertiary/aromatic N) is 2. The highest BCUT2D eigenvalue weighted by molar-refractivity contribution is 8.02. The first kappa shape index (κ1) is 30.8. The number of rotatable bonds is 15. The van der Waals surface area contributed by atoms with Gasteiger partial charge >= 0.3 is 0 Å². The van der Waals surface area contributed by atoms with Crippen molar-refractivity contribution in [3.05, 3.63) is 0 Å². The molecule has 2 nitrogen and oxygen atoms in total. The van der Waals surface area contributed by atoms with Crippen LogP contribution >= 0.6 is 23.5 Å². The van der Waals surface area contributed by atoms with Crippen LogP contribution in [-0.2, 0) is 0 Å². The molecule has 0 rings (SSSR count). The van der Waals surface area contributed by atoms with Gasteiger partial charge in [-0.2, -0.15) is 23.5 Å². The molecule has 150 valence electrons. The Kier molecular flexibility index (Phi) is 23.7. The Morgan fingerprint density at radius 3 is 0.917 bits per heavy atom. The highest BCUT2D eigenvalue weighted by Crippen LogP contribution is 2.13. The summed E-state index contributed by atoms with van der Waals surface area (Å²) in [6.45, 7) is 24.4. The fraction of sp³-hybridized carbons (Fsp3) is 1.00. The summed E-state index contributed by atoms with van der Waals surface area (Å²) in [5.41, 5.74) is 0. The molecule has 0 saturated heterocycles. The highest BCUT2D eigenvalue weighted by Gasteiger charge is 2.20. The predicted octanol–water partition coefficient (Wildman–Crippen LogP) is -1.79. The Balaban J connectivity index is -0.00000220. The first-order chi connectivity index (χ1) is 10.6. The van der Waals surface area contributed by atoms with Crippen LogP contribution in [0.1, 0.15) is 41.5 Å². The lowest BCUT2D eigenvalue weighted by atomic mass is 10.3. The van der Waals surface area contributed by atoms with E-state index in [1.54, 1.807) is 0 Å². The molecular weight excluding hydrogens is 562 g/mol. The van der Waals surface area contributed by atoms with Crippen molar-refractivity contribution in [3.63, 3.8) is 0 Å². The quantitative estimate of drug-likeness (QED) is 0.123. The molecule has 0 bridgehead atoms. The van der Waals surface area contributed by atoms with Crippen molar-refractivity contribution in [2.24, 2.45) is 0 Å². The molecule has 0 aliphatic carbocycles. The van der Waals surface area contributed by atoms with Crippen molar-refractivity contribution in [1.29, 1.82) is 0 Å². The summed E-state index contributed by atoms with van der Waals surface area (Å²) >= 11 is 4.32. The first-order valence-electron chi connectivity index (χ1n) is 9.43. The largest absolute Gasteiger partial charge is 1.00 e. The van der Waals surface area contributed by atoms with Crippen molar-refractivity contribution in [2.45, 2.75) is 41.5 Å². The fourth-order valence-electron chi connectivity index (χ4n) is 3.13. The number of quaternary nitrogens is 2. The number of hydrogen-bond acceptors (Lipinski definition) is 2. The average molecular weight is 604 g/mol. The van der Waals surface area contributed by atoms with Gasteiger partial charge < -0.3 is 56.9 Å². The molecule has 0 spiro atoms. The fourth-order valence-corrected chi connectivity index (χ4v) is 5.51. The standard InChI is InChI=1S/C18H42N2S2.2HI/c1-7-19(8-2,9-3)13-15-21-17-18-22-16-14-20(10-4,11-5)12-6;;/h7-18H2,1-6H3;2*1H/q+2;;/p-2. The van der Waals surface area contributed by atoms with Crippen LogP contribution in [0.25, 0.3) is 0 Å². The zero-order valence-corrected chi connectivity index (χ0v) is 22.9. The lowest BCUT2D eigenvalue weighted by Crippen LogP contribution is -3.00. The van der Waals surface area contributed by atoms with E-state index in [1.165, 1.54) is 84.3 Å². The van der Waals surface area contributed by atoms with Crippen LogP contribution in [0.2, 0.25) is 0 Å². The lowest BCUT2D eigenvalue weighted by molar-refractivity contribution is -0.920. The normalized spacial score (nSPS) is 11.8. The monoisotopic (exact) mass is 604 g/mol. The number of thioether (sulfide) groups is 2. The van der Waals surface area contributed by atoms with Crippen molar-refractivity contribution in [2.75, 3.05) is 75.4 Å². The minimum absolute atomic E-state index is 0. The van der Waals surface area contributed by atoms with Crippen molar-refractivity contribution in [3.8, 4) is 0 Å². The number of halogens is 2. The topological polar surface area (TPSA) is 0 Å². The molecule has 0 amide bonds. The van der Waals surface area contributed by atoms with Gasteiger partial charge in [0, 0.05) is 23.0 Å². The Labute approximate surface area is 195 Å². The molecule has 0 N–H and O–H groups in total. The van der Waals surface area contributed by atoms with Crippen LogP contribution in [-0.4, -0.2) is 84.3 Å². The summed E-state index contributed by atoms with van der Waals surface area (Å²) in [6, 6.07) is 0. The van der Waals surface area contributed by atoms with Crippen LogP contribution < -0.4 is 48.0 Å². The minimum atomic E-state index is 0. The third-order valence-electron chi connectivity index (χ3n) is 5.82. The van der Waals surface area contributed by atoms with E-state index in [0.29, 0.717) is 0 Å². The molecule has 0 aromatic carbocycles. The maximum atomic E-state index is 2.34. The van der Waals surface area contributed by atoms with Gasteiger partial charge in [-0.3, -0.25) is 0 Å². The van der Waals surface area contributed by atoms with Gasteiger partial charge in [-0.05, 0) is 41.5 Å². The molecule has 0 atom stereocenters. The van der Waals surface area contributed by atoms with E-state index >= 15 is 0 Å². The van der Waals surface area contributed by atoms with E-state index in [2.05, 4.69) is 65.1 Å². The maximum absolute atomic E-state index is 2.34. The molecule has 0 aromatic heterocycles. The van der Waals surface area contributed by atoms with Gasteiger partial charge in [0.25, 0.3) is 0 Å². The molecular formula is C18H42I2N2S2. The summed E-state index contributed by atoms with van der Waals surface area (Å²) in [5, 5.41) is 0. The Hall–Kier alpha value is 2.08. The summed E-state index contributed by atoms with van der Waals surface area (Å²) in [5.74, 6) is 5.31. The maximum Gasteiger partial charge on any atom is 0.0878 e. The van der Waals surface area contributed by atoms with Gasteiger partial charge in [-0.25, -0.2) is 0 Å². The van der Waals surface area contributed by atoms with Crippen molar-refractivity contribution in [1.82, 2.24) is 0 Å². The van der Waals surface area contributed by atoms with Crippen LogP contribution in [0.5, 0.6) is 0 Å². The van der Waals surface area contributed by atoms with Crippen LogP contribution in [0.3, 0.4) is 0 Å². The molecule has 0 radical (unpaired) electrons. The highest BCUT2D eigenvalue weighted by atomic mass is 127. The molecule has 0 saturated carbocycles. The average Bonchev–Trinajstić information content (AvgIpc) is 2.58. The number of hydrogen-bond donors (Lipinski definition) is 0. The third-order valence-corrected chi connectivity index (χ3v) is 8.00. The van der Waals surface area contributed by atoms with Gasteiger partial charge in [-0.1, -0.05) is 0 Å². The molecule has 6 heteroatoms. The Morgan fingerprint density at radius 2 is 0.708 bits per heavy atom. The summed E-state index contributed by atoms with van der Waals surface area (Å²) in [7, 11) is 0. The van der Waals surface area contributed by atoms with Gasteiger partial charge in [0.05, 0.1) is 52.4 Å². The Bertz CT molecular complexity index is 219. The SMILES string of the molecule is CC[N+](CC)(CC)CCSCCSCC[N+](CC)(CC)CC.[I-].[I-]. The van der Waals surface area contributed by atoms with E-state index in [-0.39, 0.29) is 48.0 Å². The lowest BCUT2D eigenvalue weighted by Gasteiger charge is -2.36. The zero-order chi connectivity index (χ0) is 16.9. The van der Waals surface area contributed by atoms with E-state index in [4.69, 9.17) is 0 Å². The third kappa shape index (κ3) is 11.7. The van der Waals surface area contributed by atoms with Crippen molar-refractivity contribution >= 4 is 23.5 Å². The first-order valence-corrected chi connectivity index (χ1v) is 11.7. The Morgan fingerprint density at radius 1 is 0.458 bits per heavy atom. The van der Waals surface area contributed by atoms with Gasteiger partial charge in [0.1, 0.15) is 0 Å². The van der Waals surface area contributed by atoms with Crippen molar-refractivity contribution < 1.29 is 56.9 Å². The van der Waals surface area contributed by atoms with Gasteiger partial charge in [0.2, 0.25) is 0 Å². The second-order valence-corrected chi connectivity index (χ2v) is 8.70. The minimum Gasteiger partial charge on any atom is -1.00 e. The van der Waals surface area contributed by atoms with Crippen LogP contribution in [0.15, 0.2) is 0 Å². The molecule has 0 aliphatic rings. The molecule has 0 fully saturated rings. The second kappa shape index (κ2) is 18.4. The summed E-state index contributed by atoms with van der Waals surface area (Å²) < 4.78 is 2.59. The summed E-state index contributed by atoms with van der Waals surface area (Å²) in [4.78, 5) is 0. The zero-order valence-electron chi connectivity index (χ0n) is 17.0.